The summed E-state index contributed by atoms with van der Waals surface area (Å²) in [7, 11) is 1.23. The van der Waals surface area contributed by atoms with Crippen molar-refractivity contribution < 1.29 is 24.0 Å². The second kappa shape index (κ2) is 8.11. The molecule has 0 bridgehead atoms. The second-order valence-electron chi connectivity index (χ2n) is 6.50. The summed E-state index contributed by atoms with van der Waals surface area (Å²) in [6.45, 7) is 6.65. The normalized spacial score (nSPS) is 19.6. The zero-order valence-corrected chi connectivity index (χ0v) is 15.9. The molecule has 144 valence electrons. The van der Waals surface area contributed by atoms with Gasteiger partial charge in [-0.3, -0.25) is 19.9 Å². The van der Waals surface area contributed by atoms with Gasteiger partial charge in [0.15, 0.2) is 0 Å². The van der Waals surface area contributed by atoms with Gasteiger partial charge >= 0.3 is 11.9 Å². The summed E-state index contributed by atoms with van der Waals surface area (Å²) in [6, 6.07) is 6.03. The average Bonchev–Trinajstić information content (AvgIpc) is 2.59. The van der Waals surface area contributed by atoms with Crippen LogP contribution in [0.4, 0.5) is 5.69 Å². The Morgan fingerprint density at radius 2 is 1.85 bits per heavy atom. The number of esters is 2. The maximum Gasteiger partial charge on any atom is 0.336 e. The number of nitrogens with zero attached hydrogens (tertiary/aromatic N) is 2. The highest BCUT2D eigenvalue weighted by Gasteiger charge is 2.44. The number of hydrogen-bond donors (Lipinski definition) is 0. The van der Waals surface area contributed by atoms with Crippen molar-refractivity contribution >= 4 is 23.3 Å². The molecule has 1 aromatic rings. The molecule has 8 heteroatoms. The lowest BCUT2D eigenvalue weighted by atomic mass is 9.75. The Labute approximate surface area is 157 Å². The summed E-state index contributed by atoms with van der Waals surface area (Å²) >= 11 is 0. The van der Waals surface area contributed by atoms with Crippen LogP contribution in [0.2, 0.25) is 0 Å². The van der Waals surface area contributed by atoms with Gasteiger partial charge in [-0.2, -0.15) is 0 Å². The van der Waals surface area contributed by atoms with E-state index in [4.69, 9.17) is 9.47 Å². The maximum atomic E-state index is 12.8. The topological polar surface area (TPSA) is 108 Å². The molecule has 0 N–H and O–H groups in total. The summed E-state index contributed by atoms with van der Waals surface area (Å²) < 4.78 is 10.2. The summed E-state index contributed by atoms with van der Waals surface area (Å²) in [5, 5.41) is 11.6. The minimum Gasteiger partial charge on any atom is -0.468 e. The molecule has 2 rings (SSSR count). The molecule has 0 aliphatic carbocycles. The number of rotatable bonds is 5. The molecule has 1 heterocycles. The van der Waals surface area contributed by atoms with Crippen molar-refractivity contribution in [1.82, 2.24) is 0 Å². The largest absolute Gasteiger partial charge is 0.468 e. The molecule has 0 saturated carbocycles. The van der Waals surface area contributed by atoms with E-state index in [1.54, 1.807) is 33.8 Å². The van der Waals surface area contributed by atoms with Crippen molar-refractivity contribution in [2.24, 2.45) is 10.9 Å². The van der Waals surface area contributed by atoms with Gasteiger partial charge in [-0.05, 0) is 27.7 Å². The third-order valence-electron chi connectivity index (χ3n) is 4.31. The number of benzene rings is 1. The van der Waals surface area contributed by atoms with Gasteiger partial charge in [-0.1, -0.05) is 18.2 Å². The Morgan fingerprint density at radius 1 is 1.22 bits per heavy atom. The van der Waals surface area contributed by atoms with Crippen LogP contribution in [0.15, 0.2) is 40.5 Å². The Kier molecular flexibility index (Phi) is 6.09. The molecular weight excluding hydrogens is 352 g/mol. The number of nitro groups is 1. The first-order valence-electron chi connectivity index (χ1n) is 8.47. The zero-order chi connectivity index (χ0) is 20.3. The van der Waals surface area contributed by atoms with Gasteiger partial charge in [0.25, 0.3) is 5.69 Å². The van der Waals surface area contributed by atoms with E-state index < -0.39 is 34.8 Å². The highest BCUT2D eigenvalue weighted by molar-refractivity contribution is 6.07. The molecule has 0 amide bonds. The van der Waals surface area contributed by atoms with E-state index in [1.165, 1.54) is 25.3 Å². The molecule has 0 aromatic heterocycles. The molecule has 2 atom stereocenters. The van der Waals surface area contributed by atoms with Gasteiger partial charge in [0.1, 0.15) is 5.92 Å². The molecule has 1 aliphatic rings. The standard InChI is InChI=1S/C19H22N2O6/c1-10(2)27-19(23)16-12(4)20-11(3)15(18(22)26-5)17(16)13-8-6-7-9-14(13)21(24)25/h6-10,15,17H,1-5H3. The van der Waals surface area contributed by atoms with E-state index in [2.05, 4.69) is 4.99 Å². The summed E-state index contributed by atoms with van der Waals surface area (Å²) in [4.78, 5) is 40.6. The number of aliphatic imine (C=N–C) groups is 1. The van der Waals surface area contributed by atoms with Crippen LogP contribution in [0, 0.1) is 16.0 Å². The molecule has 8 nitrogen and oxygen atoms in total. The fourth-order valence-electron chi connectivity index (χ4n) is 3.26. The van der Waals surface area contributed by atoms with Gasteiger partial charge in [0.2, 0.25) is 0 Å². The number of hydrogen-bond acceptors (Lipinski definition) is 7. The van der Waals surface area contributed by atoms with Crippen LogP contribution in [0.5, 0.6) is 0 Å². The lowest BCUT2D eigenvalue weighted by molar-refractivity contribution is -0.385. The summed E-state index contributed by atoms with van der Waals surface area (Å²) in [6.07, 6.45) is -0.396. The van der Waals surface area contributed by atoms with Crippen LogP contribution in [-0.2, 0) is 19.1 Å². The molecule has 1 aromatic carbocycles. The van der Waals surface area contributed by atoms with Crippen molar-refractivity contribution in [3.8, 4) is 0 Å². The number of ether oxygens (including phenoxy) is 2. The predicted molar refractivity (Wildman–Crippen MR) is 98.4 cm³/mol. The van der Waals surface area contributed by atoms with Crippen LogP contribution in [0.25, 0.3) is 0 Å². The minimum atomic E-state index is -0.963. The highest BCUT2D eigenvalue weighted by atomic mass is 16.6. The summed E-state index contributed by atoms with van der Waals surface area (Å²) in [5.41, 5.74) is 0.958. The first-order chi connectivity index (χ1) is 12.7. The van der Waals surface area contributed by atoms with Crippen molar-refractivity contribution in [1.29, 1.82) is 0 Å². The predicted octanol–water partition coefficient (Wildman–Crippen LogP) is 3.17. The fraction of sp³-hybridized carbons (Fsp3) is 0.421. The van der Waals surface area contributed by atoms with Crippen LogP contribution >= 0.6 is 0 Å². The van der Waals surface area contributed by atoms with Crippen molar-refractivity contribution in [2.75, 3.05) is 7.11 Å². The first-order valence-corrected chi connectivity index (χ1v) is 8.47. The number of carbonyl (C=O) groups excluding carboxylic acids is 2. The Morgan fingerprint density at radius 3 is 2.41 bits per heavy atom. The SMILES string of the molecule is COC(=O)C1C(C)=NC(C)=C(C(=O)OC(C)C)C1c1ccccc1[N+](=O)[O-]. The number of allylic oxidation sites excluding steroid dienone is 1. The molecule has 27 heavy (non-hydrogen) atoms. The quantitative estimate of drug-likeness (QED) is 0.445. The third kappa shape index (κ3) is 4.05. The van der Waals surface area contributed by atoms with E-state index in [9.17, 15) is 19.7 Å². The van der Waals surface area contributed by atoms with E-state index >= 15 is 0 Å². The number of nitro benzene ring substituents is 1. The smallest absolute Gasteiger partial charge is 0.336 e. The number of carbonyl (C=O) groups is 2. The summed E-state index contributed by atoms with van der Waals surface area (Å²) in [5.74, 6) is -3.17. The lowest BCUT2D eigenvalue weighted by Gasteiger charge is -2.31. The van der Waals surface area contributed by atoms with Gasteiger partial charge in [0.05, 0.1) is 23.7 Å². The molecule has 2 unspecified atom stereocenters. The number of para-hydroxylation sites is 1. The van der Waals surface area contributed by atoms with Crippen LogP contribution < -0.4 is 0 Å². The molecule has 0 saturated heterocycles. The highest BCUT2D eigenvalue weighted by Crippen LogP contribution is 2.43. The van der Waals surface area contributed by atoms with Crippen LogP contribution in [-0.4, -0.2) is 35.8 Å². The van der Waals surface area contributed by atoms with E-state index in [0.717, 1.165) is 0 Å². The Hall–Kier alpha value is -3.03. The minimum absolute atomic E-state index is 0.124. The molecule has 1 aliphatic heterocycles. The number of methoxy groups -OCH3 is 1. The van der Waals surface area contributed by atoms with E-state index in [0.29, 0.717) is 11.4 Å². The van der Waals surface area contributed by atoms with Gasteiger partial charge in [0, 0.05) is 29.0 Å². The average molecular weight is 374 g/mol. The van der Waals surface area contributed by atoms with Crippen molar-refractivity contribution in [3.63, 3.8) is 0 Å². The monoisotopic (exact) mass is 374 g/mol. The Balaban J connectivity index is 2.75. The van der Waals surface area contributed by atoms with Crippen LogP contribution in [0.1, 0.15) is 39.2 Å². The zero-order valence-electron chi connectivity index (χ0n) is 15.9. The lowest BCUT2D eigenvalue weighted by Crippen LogP contribution is -2.36. The molecular formula is C19H22N2O6. The maximum absolute atomic E-state index is 12.8. The van der Waals surface area contributed by atoms with E-state index in [1.807, 2.05) is 0 Å². The third-order valence-corrected chi connectivity index (χ3v) is 4.31. The Bertz CT molecular complexity index is 840. The van der Waals surface area contributed by atoms with Crippen LogP contribution in [0.3, 0.4) is 0 Å². The fourth-order valence-corrected chi connectivity index (χ4v) is 3.26. The second-order valence-corrected chi connectivity index (χ2v) is 6.50. The van der Waals surface area contributed by atoms with Gasteiger partial charge < -0.3 is 9.47 Å². The molecule has 0 fully saturated rings. The van der Waals surface area contributed by atoms with Crippen molar-refractivity contribution in [3.05, 3.63) is 51.2 Å². The van der Waals surface area contributed by atoms with Gasteiger partial charge in [-0.25, -0.2) is 4.79 Å². The molecule has 0 spiro atoms. The van der Waals surface area contributed by atoms with E-state index in [-0.39, 0.29) is 16.8 Å². The van der Waals surface area contributed by atoms with Gasteiger partial charge in [-0.15, -0.1) is 0 Å². The van der Waals surface area contributed by atoms with Crippen molar-refractivity contribution in [2.45, 2.75) is 39.7 Å². The molecule has 0 radical (unpaired) electrons. The first kappa shape index (κ1) is 20.3.